The molecule has 0 unspecified atom stereocenters. The number of Topliss-reactive ketones (excluding diaryl/α,β-unsaturated/α-hetero) is 1. The zero-order valence-corrected chi connectivity index (χ0v) is 13.8. The van der Waals surface area contributed by atoms with Crippen molar-refractivity contribution in [2.45, 2.75) is 51.0 Å². The standard InChI is InChI=1S/C21H27NO/c1-2-3-4-5-6-14-20(22)21(23)16-15-18-12-9-11-17-10-7-8-13-19(17)18/h2,7-13,20H,1,3-6,14-16,22H2/t20-/m0/s1. The van der Waals surface area contributed by atoms with Gasteiger partial charge in [-0.15, -0.1) is 6.58 Å². The third-order valence-electron chi connectivity index (χ3n) is 4.36. The SMILES string of the molecule is C=CCCCCC[C@H](N)C(=O)CCc1cccc2ccccc12. The smallest absolute Gasteiger partial charge is 0.149 e. The molecule has 0 amide bonds. The molecule has 2 nitrogen and oxygen atoms in total. The Labute approximate surface area is 139 Å². The summed E-state index contributed by atoms with van der Waals surface area (Å²) in [5, 5.41) is 2.46. The maximum absolute atomic E-state index is 12.2. The van der Waals surface area contributed by atoms with E-state index in [1.165, 1.54) is 16.3 Å². The molecule has 2 N–H and O–H groups in total. The van der Waals surface area contributed by atoms with Gasteiger partial charge in [-0.1, -0.05) is 61.4 Å². The van der Waals surface area contributed by atoms with Crippen LogP contribution < -0.4 is 5.73 Å². The summed E-state index contributed by atoms with van der Waals surface area (Å²) in [6.07, 6.45) is 8.36. The van der Waals surface area contributed by atoms with E-state index in [9.17, 15) is 4.79 Å². The number of nitrogens with two attached hydrogens (primary N) is 1. The number of hydrogen-bond donors (Lipinski definition) is 1. The number of fused-ring (bicyclic) bond motifs is 1. The fourth-order valence-electron chi connectivity index (χ4n) is 2.94. The highest BCUT2D eigenvalue weighted by atomic mass is 16.1. The molecule has 0 radical (unpaired) electrons. The van der Waals surface area contributed by atoms with Crippen molar-refractivity contribution in [3.05, 3.63) is 60.7 Å². The van der Waals surface area contributed by atoms with Crippen LogP contribution in [0.15, 0.2) is 55.1 Å². The summed E-state index contributed by atoms with van der Waals surface area (Å²) in [4.78, 5) is 12.2. The molecule has 0 aromatic heterocycles. The minimum absolute atomic E-state index is 0.182. The summed E-state index contributed by atoms with van der Waals surface area (Å²) in [6, 6.07) is 14.3. The second kappa shape index (κ2) is 9.26. The average Bonchev–Trinajstić information content (AvgIpc) is 2.59. The summed E-state index contributed by atoms with van der Waals surface area (Å²) in [6.45, 7) is 3.72. The van der Waals surface area contributed by atoms with Gasteiger partial charge in [0.15, 0.2) is 0 Å². The fourth-order valence-corrected chi connectivity index (χ4v) is 2.94. The monoisotopic (exact) mass is 309 g/mol. The maximum Gasteiger partial charge on any atom is 0.149 e. The number of rotatable bonds is 10. The van der Waals surface area contributed by atoms with Gasteiger partial charge in [0.05, 0.1) is 6.04 Å². The van der Waals surface area contributed by atoms with Gasteiger partial charge >= 0.3 is 0 Å². The zero-order valence-electron chi connectivity index (χ0n) is 13.8. The molecular weight excluding hydrogens is 282 g/mol. The van der Waals surface area contributed by atoms with Crippen LogP contribution in [0.5, 0.6) is 0 Å². The van der Waals surface area contributed by atoms with E-state index in [2.05, 4.69) is 36.9 Å². The Kier molecular flexibility index (Phi) is 7.02. The predicted octanol–water partition coefficient (Wildman–Crippen LogP) is 4.81. The largest absolute Gasteiger partial charge is 0.322 e. The van der Waals surface area contributed by atoms with Crippen molar-refractivity contribution in [1.82, 2.24) is 0 Å². The van der Waals surface area contributed by atoms with E-state index < -0.39 is 0 Å². The maximum atomic E-state index is 12.2. The lowest BCUT2D eigenvalue weighted by Crippen LogP contribution is -2.30. The van der Waals surface area contributed by atoms with Crippen LogP contribution in [0.4, 0.5) is 0 Å². The summed E-state index contributed by atoms with van der Waals surface area (Å²) in [5.74, 6) is 0.182. The number of allylic oxidation sites excluding steroid dienone is 1. The van der Waals surface area contributed by atoms with Gasteiger partial charge in [0, 0.05) is 6.42 Å². The molecule has 0 spiro atoms. The minimum atomic E-state index is -0.311. The van der Waals surface area contributed by atoms with Gasteiger partial charge in [-0.3, -0.25) is 4.79 Å². The van der Waals surface area contributed by atoms with E-state index in [0.29, 0.717) is 6.42 Å². The van der Waals surface area contributed by atoms with Crippen molar-refractivity contribution < 1.29 is 4.79 Å². The van der Waals surface area contributed by atoms with E-state index >= 15 is 0 Å². The van der Waals surface area contributed by atoms with Crippen LogP contribution in [0, 0.1) is 0 Å². The quantitative estimate of drug-likeness (QED) is 0.506. The van der Waals surface area contributed by atoms with Crippen molar-refractivity contribution in [1.29, 1.82) is 0 Å². The van der Waals surface area contributed by atoms with Crippen LogP contribution in [0.25, 0.3) is 10.8 Å². The molecule has 2 aromatic carbocycles. The van der Waals surface area contributed by atoms with Gasteiger partial charge in [-0.2, -0.15) is 0 Å². The highest BCUT2D eigenvalue weighted by Gasteiger charge is 2.13. The van der Waals surface area contributed by atoms with Crippen molar-refractivity contribution in [3.63, 3.8) is 0 Å². The number of hydrogen-bond acceptors (Lipinski definition) is 2. The Morgan fingerprint density at radius 3 is 2.70 bits per heavy atom. The third-order valence-corrected chi connectivity index (χ3v) is 4.36. The lowest BCUT2D eigenvalue weighted by molar-refractivity contribution is -0.120. The van der Waals surface area contributed by atoms with Gasteiger partial charge in [0.2, 0.25) is 0 Å². The molecule has 2 aromatic rings. The first-order valence-corrected chi connectivity index (χ1v) is 8.58. The van der Waals surface area contributed by atoms with E-state index in [-0.39, 0.29) is 11.8 Å². The number of aryl methyl sites for hydroxylation is 1. The molecule has 0 bridgehead atoms. The summed E-state index contributed by atoms with van der Waals surface area (Å²) in [5.41, 5.74) is 7.27. The lowest BCUT2D eigenvalue weighted by atomic mass is 9.96. The molecule has 0 aliphatic rings. The molecule has 0 saturated carbocycles. The first kappa shape index (κ1) is 17.4. The van der Waals surface area contributed by atoms with Crippen molar-refractivity contribution in [2.75, 3.05) is 0 Å². The Bertz CT molecular complexity index is 642. The first-order chi connectivity index (χ1) is 11.2. The Morgan fingerprint density at radius 1 is 1.09 bits per heavy atom. The molecule has 23 heavy (non-hydrogen) atoms. The molecule has 1 atom stereocenters. The van der Waals surface area contributed by atoms with Crippen LogP contribution in [0.2, 0.25) is 0 Å². The second-order valence-corrected chi connectivity index (χ2v) is 6.14. The van der Waals surface area contributed by atoms with Crippen molar-refractivity contribution in [3.8, 4) is 0 Å². The fraction of sp³-hybridized carbons (Fsp3) is 0.381. The van der Waals surface area contributed by atoms with Crippen LogP contribution in [-0.4, -0.2) is 11.8 Å². The van der Waals surface area contributed by atoms with Gasteiger partial charge in [0.25, 0.3) is 0 Å². The second-order valence-electron chi connectivity index (χ2n) is 6.14. The van der Waals surface area contributed by atoms with Gasteiger partial charge in [-0.05, 0) is 42.0 Å². The first-order valence-electron chi connectivity index (χ1n) is 8.58. The Morgan fingerprint density at radius 2 is 1.87 bits per heavy atom. The van der Waals surface area contributed by atoms with E-state index in [0.717, 1.165) is 38.5 Å². The van der Waals surface area contributed by atoms with Crippen LogP contribution in [0.1, 0.15) is 44.1 Å². The molecule has 2 rings (SSSR count). The molecule has 2 heteroatoms. The van der Waals surface area contributed by atoms with Crippen molar-refractivity contribution in [2.24, 2.45) is 5.73 Å². The van der Waals surface area contributed by atoms with Crippen LogP contribution >= 0.6 is 0 Å². The van der Waals surface area contributed by atoms with Crippen LogP contribution in [-0.2, 0) is 11.2 Å². The summed E-state index contributed by atoms with van der Waals surface area (Å²) in [7, 11) is 0. The van der Waals surface area contributed by atoms with Crippen LogP contribution in [0.3, 0.4) is 0 Å². The predicted molar refractivity (Wildman–Crippen MR) is 98.5 cm³/mol. The highest BCUT2D eigenvalue weighted by molar-refractivity contribution is 5.87. The summed E-state index contributed by atoms with van der Waals surface area (Å²) >= 11 is 0. The number of benzene rings is 2. The minimum Gasteiger partial charge on any atom is -0.322 e. The van der Waals surface area contributed by atoms with E-state index in [4.69, 9.17) is 5.73 Å². The zero-order chi connectivity index (χ0) is 16.5. The molecule has 0 aliphatic heterocycles. The van der Waals surface area contributed by atoms with Gasteiger partial charge in [-0.25, -0.2) is 0 Å². The topological polar surface area (TPSA) is 43.1 Å². The van der Waals surface area contributed by atoms with Crippen molar-refractivity contribution >= 4 is 16.6 Å². The van der Waals surface area contributed by atoms with Gasteiger partial charge in [0.1, 0.15) is 5.78 Å². The Hall–Kier alpha value is -1.93. The third kappa shape index (κ3) is 5.33. The highest BCUT2D eigenvalue weighted by Crippen LogP contribution is 2.20. The molecule has 122 valence electrons. The number of ketones is 1. The normalized spacial score (nSPS) is 12.2. The van der Waals surface area contributed by atoms with E-state index in [1.54, 1.807) is 0 Å². The molecular formula is C21H27NO. The van der Waals surface area contributed by atoms with E-state index in [1.807, 2.05) is 18.2 Å². The van der Waals surface area contributed by atoms with Gasteiger partial charge < -0.3 is 5.73 Å². The molecule has 0 heterocycles. The number of carbonyl (C=O) groups excluding carboxylic acids is 1. The molecule has 0 aliphatic carbocycles. The molecule has 0 fully saturated rings. The average molecular weight is 309 g/mol. The Balaban J connectivity index is 1.82. The molecule has 0 saturated heterocycles. The lowest BCUT2D eigenvalue weighted by Gasteiger charge is -2.11. The number of carbonyl (C=O) groups is 1. The summed E-state index contributed by atoms with van der Waals surface area (Å²) < 4.78 is 0. The number of unbranched alkanes of at least 4 members (excludes halogenated alkanes) is 3.